The normalized spacial score (nSPS) is 15.2. The average molecular weight is 403 g/mol. The minimum atomic E-state index is -4.75. The minimum absolute atomic E-state index is 0.0140. The summed E-state index contributed by atoms with van der Waals surface area (Å²) in [5.41, 5.74) is 0.509. The number of carbonyl (C=O) groups excluding carboxylic acids is 1. The number of ether oxygens (including phenoxy) is 1. The molecule has 0 aliphatic carbocycles. The first kappa shape index (κ1) is 19.0. The lowest BCUT2D eigenvalue weighted by atomic mass is 10.2. The van der Waals surface area contributed by atoms with E-state index in [-0.39, 0.29) is 29.8 Å². The number of alkyl halides is 3. The van der Waals surface area contributed by atoms with Crippen LogP contribution in [-0.4, -0.2) is 47.0 Å². The molecule has 11 heteroatoms. The molecule has 0 bridgehead atoms. The standard InChI is InChI=1S/C16H14ClF3N4O3/c17-14-12(7-21-22-15(14)26)23-5-6-24(13(25)9-23)8-10-1-3-11(4-2-10)27-16(18,19)20/h1-4,7H,5-6,8-9H2,(H,22,26). The maximum atomic E-state index is 12.4. The molecule has 0 saturated carbocycles. The van der Waals surface area contributed by atoms with Gasteiger partial charge >= 0.3 is 6.36 Å². The molecule has 144 valence electrons. The molecule has 3 rings (SSSR count). The Kier molecular flexibility index (Phi) is 5.26. The monoisotopic (exact) mass is 402 g/mol. The smallest absolute Gasteiger partial charge is 0.406 e. The van der Waals surface area contributed by atoms with Crippen LogP contribution >= 0.6 is 11.6 Å². The van der Waals surface area contributed by atoms with Crippen LogP contribution in [0.25, 0.3) is 0 Å². The van der Waals surface area contributed by atoms with Crippen LogP contribution in [0.3, 0.4) is 0 Å². The van der Waals surface area contributed by atoms with Crippen LogP contribution in [0.15, 0.2) is 35.3 Å². The fourth-order valence-corrected chi connectivity index (χ4v) is 2.90. The van der Waals surface area contributed by atoms with E-state index in [1.807, 2.05) is 0 Å². The molecule has 0 atom stereocenters. The molecule has 1 aliphatic rings. The van der Waals surface area contributed by atoms with Gasteiger partial charge < -0.3 is 14.5 Å². The van der Waals surface area contributed by atoms with Gasteiger partial charge in [0.25, 0.3) is 5.56 Å². The summed E-state index contributed by atoms with van der Waals surface area (Å²) in [7, 11) is 0. The molecule has 0 unspecified atom stereocenters. The number of anilines is 1. The molecule has 0 spiro atoms. The summed E-state index contributed by atoms with van der Waals surface area (Å²) in [5.74, 6) is -0.521. The third-order valence-electron chi connectivity index (χ3n) is 3.97. The molecule has 27 heavy (non-hydrogen) atoms. The summed E-state index contributed by atoms with van der Waals surface area (Å²) in [6.07, 6.45) is -3.37. The van der Waals surface area contributed by atoms with Crippen LogP contribution in [0.4, 0.5) is 18.9 Å². The van der Waals surface area contributed by atoms with Crippen molar-refractivity contribution < 1.29 is 22.7 Å². The van der Waals surface area contributed by atoms with E-state index in [1.165, 1.54) is 30.5 Å². The van der Waals surface area contributed by atoms with Crippen LogP contribution in [0.2, 0.25) is 5.02 Å². The van der Waals surface area contributed by atoms with Crippen molar-refractivity contribution in [1.29, 1.82) is 0 Å². The van der Waals surface area contributed by atoms with Gasteiger partial charge in [0, 0.05) is 19.6 Å². The number of carbonyl (C=O) groups is 1. The van der Waals surface area contributed by atoms with Crippen molar-refractivity contribution in [1.82, 2.24) is 15.1 Å². The van der Waals surface area contributed by atoms with E-state index in [2.05, 4.69) is 14.9 Å². The third kappa shape index (κ3) is 4.70. The minimum Gasteiger partial charge on any atom is -0.406 e. The molecular formula is C16H14ClF3N4O3. The van der Waals surface area contributed by atoms with Gasteiger partial charge in [-0.25, -0.2) is 5.10 Å². The Morgan fingerprint density at radius 1 is 1.19 bits per heavy atom. The second-order valence-electron chi connectivity index (χ2n) is 5.83. The Bertz CT molecular complexity index is 886. The van der Waals surface area contributed by atoms with Gasteiger partial charge in [-0.1, -0.05) is 23.7 Å². The first-order valence-corrected chi connectivity index (χ1v) is 8.21. The predicted molar refractivity (Wildman–Crippen MR) is 90.6 cm³/mol. The Morgan fingerprint density at radius 3 is 2.52 bits per heavy atom. The Balaban J connectivity index is 1.63. The highest BCUT2D eigenvalue weighted by Gasteiger charge is 2.31. The van der Waals surface area contributed by atoms with Crippen LogP contribution in [0, 0.1) is 0 Å². The van der Waals surface area contributed by atoms with Crippen LogP contribution < -0.4 is 15.2 Å². The third-order valence-corrected chi connectivity index (χ3v) is 4.33. The van der Waals surface area contributed by atoms with Gasteiger partial charge in [0.05, 0.1) is 18.4 Å². The van der Waals surface area contributed by atoms with E-state index >= 15 is 0 Å². The quantitative estimate of drug-likeness (QED) is 0.848. The molecule has 0 radical (unpaired) electrons. The highest BCUT2D eigenvalue weighted by Crippen LogP contribution is 2.25. The number of piperazine rings is 1. The Hall–Kier alpha value is -2.75. The van der Waals surface area contributed by atoms with Gasteiger partial charge in [0.1, 0.15) is 10.8 Å². The van der Waals surface area contributed by atoms with Gasteiger partial charge in [0.15, 0.2) is 0 Å². The lowest BCUT2D eigenvalue weighted by Crippen LogP contribution is -2.50. The Labute approximate surface area is 156 Å². The topological polar surface area (TPSA) is 78.5 Å². The molecule has 2 aromatic rings. The summed E-state index contributed by atoms with van der Waals surface area (Å²) >= 11 is 5.96. The zero-order valence-electron chi connectivity index (χ0n) is 13.8. The maximum absolute atomic E-state index is 12.4. The summed E-state index contributed by atoms with van der Waals surface area (Å²) < 4.78 is 40.4. The van der Waals surface area contributed by atoms with Gasteiger partial charge in [-0.2, -0.15) is 5.10 Å². The van der Waals surface area contributed by atoms with E-state index in [0.717, 1.165) is 0 Å². The first-order chi connectivity index (χ1) is 12.7. The number of amides is 1. The number of hydrogen-bond donors (Lipinski definition) is 1. The fraction of sp³-hybridized carbons (Fsp3) is 0.312. The molecule has 1 fully saturated rings. The number of benzene rings is 1. The molecule has 2 heterocycles. The first-order valence-electron chi connectivity index (χ1n) is 7.83. The van der Waals surface area contributed by atoms with Crippen molar-refractivity contribution >= 4 is 23.2 Å². The predicted octanol–water partition coefficient (Wildman–Crippen LogP) is 2.17. The van der Waals surface area contributed by atoms with Crippen LogP contribution in [-0.2, 0) is 11.3 Å². The van der Waals surface area contributed by atoms with Crippen molar-refractivity contribution in [2.75, 3.05) is 24.5 Å². The highest BCUT2D eigenvalue weighted by atomic mass is 35.5. The number of rotatable bonds is 4. The molecular weight excluding hydrogens is 389 g/mol. The lowest BCUT2D eigenvalue weighted by molar-refractivity contribution is -0.274. The fourth-order valence-electron chi connectivity index (χ4n) is 2.69. The second-order valence-corrected chi connectivity index (χ2v) is 6.20. The maximum Gasteiger partial charge on any atom is 0.573 e. The summed E-state index contributed by atoms with van der Waals surface area (Å²) in [6.45, 7) is 1.06. The van der Waals surface area contributed by atoms with Crippen molar-refractivity contribution in [2.24, 2.45) is 0 Å². The van der Waals surface area contributed by atoms with Crippen molar-refractivity contribution in [2.45, 2.75) is 12.9 Å². The van der Waals surface area contributed by atoms with Gasteiger partial charge in [-0.15, -0.1) is 13.2 Å². The highest BCUT2D eigenvalue weighted by molar-refractivity contribution is 6.33. The largest absolute Gasteiger partial charge is 0.573 e. The van der Waals surface area contributed by atoms with Gasteiger partial charge in [0.2, 0.25) is 5.91 Å². The molecule has 1 amide bonds. The molecule has 1 aliphatic heterocycles. The summed E-state index contributed by atoms with van der Waals surface area (Å²) in [4.78, 5) is 27.2. The lowest BCUT2D eigenvalue weighted by Gasteiger charge is -2.35. The van der Waals surface area contributed by atoms with E-state index in [0.29, 0.717) is 24.3 Å². The van der Waals surface area contributed by atoms with E-state index in [4.69, 9.17) is 11.6 Å². The summed E-state index contributed by atoms with van der Waals surface area (Å²) in [5, 5.41) is 5.86. The molecule has 1 N–H and O–H groups in total. The summed E-state index contributed by atoms with van der Waals surface area (Å²) in [6, 6.07) is 5.34. The molecule has 1 aromatic carbocycles. The number of nitrogens with one attached hydrogen (secondary N) is 1. The van der Waals surface area contributed by atoms with Crippen LogP contribution in [0.5, 0.6) is 5.75 Å². The number of nitrogens with zero attached hydrogens (tertiary/aromatic N) is 3. The van der Waals surface area contributed by atoms with Crippen LogP contribution in [0.1, 0.15) is 5.56 Å². The number of aromatic amines is 1. The van der Waals surface area contributed by atoms with E-state index in [1.54, 1.807) is 9.80 Å². The number of H-pyrrole nitrogens is 1. The van der Waals surface area contributed by atoms with Crippen molar-refractivity contribution in [3.05, 3.63) is 51.4 Å². The number of aromatic nitrogens is 2. The van der Waals surface area contributed by atoms with Gasteiger partial charge in [-0.3, -0.25) is 9.59 Å². The van der Waals surface area contributed by atoms with Gasteiger partial charge in [-0.05, 0) is 17.7 Å². The second kappa shape index (κ2) is 7.47. The average Bonchev–Trinajstić information content (AvgIpc) is 2.59. The number of halogens is 4. The zero-order valence-corrected chi connectivity index (χ0v) is 14.5. The Morgan fingerprint density at radius 2 is 1.89 bits per heavy atom. The molecule has 1 saturated heterocycles. The zero-order chi connectivity index (χ0) is 19.6. The van der Waals surface area contributed by atoms with Crippen molar-refractivity contribution in [3.8, 4) is 5.75 Å². The van der Waals surface area contributed by atoms with E-state index < -0.39 is 11.9 Å². The van der Waals surface area contributed by atoms with Crippen molar-refractivity contribution in [3.63, 3.8) is 0 Å². The molecule has 1 aromatic heterocycles. The SMILES string of the molecule is O=C1CN(c2cn[nH]c(=O)c2Cl)CCN1Cc1ccc(OC(F)(F)F)cc1. The molecule has 7 nitrogen and oxygen atoms in total. The number of hydrogen-bond acceptors (Lipinski definition) is 5. The van der Waals surface area contributed by atoms with E-state index in [9.17, 15) is 22.8 Å².